The summed E-state index contributed by atoms with van der Waals surface area (Å²) in [6.45, 7) is 4.71. The third-order valence-electron chi connectivity index (χ3n) is 3.56. The SMILES string of the molecule is Cc1cc(Br)ccc1N1CCCC(CCO)C1. The molecule has 17 heavy (non-hydrogen) atoms. The van der Waals surface area contributed by atoms with E-state index in [0.29, 0.717) is 12.5 Å². The molecule has 1 atom stereocenters. The summed E-state index contributed by atoms with van der Waals surface area (Å²) >= 11 is 3.51. The summed E-state index contributed by atoms with van der Waals surface area (Å²) in [7, 11) is 0. The monoisotopic (exact) mass is 297 g/mol. The van der Waals surface area contributed by atoms with E-state index in [9.17, 15) is 0 Å². The Kier molecular flexibility index (Phi) is 4.46. The third kappa shape index (κ3) is 3.23. The highest BCUT2D eigenvalue weighted by molar-refractivity contribution is 9.10. The average Bonchev–Trinajstić information content (AvgIpc) is 2.29. The molecule has 0 radical (unpaired) electrons. The second-order valence-corrected chi connectivity index (χ2v) is 5.81. The number of aliphatic hydroxyl groups is 1. The molecule has 1 fully saturated rings. The first-order valence-corrected chi connectivity index (χ1v) is 7.12. The van der Waals surface area contributed by atoms with Gasteiger partial charge < -0.3 is 10.0 Å². The zero-order chi connectivity index (χ0) is 12.3. The molecule has 94 valence electrons. The van der Waals surface area contributed by atoms with Crippen LogP contribution in [0.1, 0.15) is 24.8 Å². The van der Waals surface area contributed by atoms with Gasteiger partial charge in [0.15, 0.2) is 0 Å². The van der Waals surface area contributed by atoms with Gasteiger partial charge in [-0.25, -0.2) is 0 Å². The van der Waals surface area contributed by atoms with E-state index in [1.807, 2.05) is 0 Å². The molecule has 2 nitrogen and oxygen atoms in total. The molecule has 1 N–H and O–H groups in total. The molecule has 0 saturated carbocycles. The summed E-state index contributed by atoms with van der Waals surface area (Å²) in [6.07, 6.45) is 3.43. The first-order valence-electron chi connectivity index (χ1n) is 6.32. The van der Waals surface area contributed by atoms with Crippen LogP contribution in [0, 0.1) is 12.8 Å². The van der Waals surface area contributed by atoms with Crippen LogP contribution in [0.4, 0.5) is 5.69 Å². The number of hydrogen-bond donors (Lipinski definition) is 1. The summed E-state index contributed by atoms with van der Waals surface area (Å²) in [5, 5.41) is 9.04. The van der Waals surface area contributed by atoms with E-state index >= 15 is 0 Å². The largest absolute Gasteiger partial charge is 0.396 e. The minimum absolute atomic E-state index is 0.317. The van der Waals surface area contributed by atoms with Crippen LogP contribution < -0.4 is 4.90 Å². The molecular weight excluding hydrogens is 278 g/mol. The Morgan fingerprint density at radius 3 is 3.00 bits per heavy atom. The van der Waals surface area contributed by atoms with Gasteiger partial charge in [0.2, 0.25) is 0 Å². The van der Waals surface area contributed by atoms with Crippen molar-refractivity contribution >= 4 is 21.6 Å². The van der Waals surface area contributed by atoms with Crippen LogP contribution in [0.25, 0.3) is 0 Å². The van der Waals surface area contributed by atoms with E-state index in [2.05, 4.69) is 46.0 Å². The van der Waals surface area contributed by atoms with Crippen molar-refractivity contribution < 1.29 is 5.11 Å². The number of piperidine rings is 1. The molecule has 1 saturated heterocycles. The summed E-state index contributed by atoms with van der Waals surface area (Å²) in [6, 6.07) is 6.48. The van der Waals surface area contributed by atoms with Gasteiger partial charge in [-0.1, -0.05) is 15.9 Å². The van der Waals surface area contributed by atoms with Crippen LogP contribution in [-0.2, 0) is 0 Å². The Morgan fingerprint density at radius 1 is 1.47 bits per heavy atom. The van der Waals surface area contributed by atoms with Gasteiger partial charge in [-0.15, -0.1) is 0 Å². The molecule has 0 spiro atoms. The van der Waals surface area contributed by atoms with Gasteiger partial charge in [0.25, 0.3) is 0 Å². The van der Waals surface area contributed by atoms with Gasteiger partial charge in [-0.3, -0.25) is 0 Å². The zero-order valence-corrected chi connectivity index (χ0v) is 11.9. The van der Waals surface area contributed by atoms with Crippen molar-refractivity contribution in [3.8, 4) is 0 Å². The van der Waals surface area contributed by atoms with Crippen molar-refractivity contribution in [1.82, 2.24) is 0 Å². The lowest BCUT2D eigenvalue weighted by Crippen LogP contribution is -2.36. The molecule has 0 bridgehead atoms. The molecule has 0 aliphatic carbocycles. The van der Waals surface area contributed by atoms with E-state index in [0.717, 1.165) is 24.0 Å². The number of nitrogens with zero attached hydrogens (tertiary/aromatic N) is 1. The van der Waals surface area contributed by atoms with Crippen LogP contribution in [0.15, 0.2) is 22.7 Å². The molecule has 1 heterocycles. The quantitative estimate of drug-likeness (QED) is 0.925. The van der Waals surface area contributed by atoms with Crippen LogP contribution in [0.2, 0.25) is 0 Å². The maximum absolute atomic E-state index is 9.04. The van der Waals surface area contributed by atoms with Crippen LogP contribution in [0.5, 0.6) is 0 Å². The highest BCUT2D eigenvalue weighted by Crippen LogP contribution is 2.29. The smallest absolute Gasteiger partial charge is 0.0434 e. The minimum atomic E-state index is 0.317. The average molecular weight is 298 g/mol. The van der Waals surface area contributed by atoms with Crippen LogP contribution >= 0.6 is 15.9 Å². The lowest BCUT2D eigenvalue weighted by atomic mass is 9.94. The van der Waals surface area contributed by atoms with Gasteiger partial charge >= 0.3 is 0 Å². The molecule has 1 aromatic carbocycles. The van der Waals surface area contributed by atoms with Gasteiger partial charge in [0.05, 0.1) is 0 Å². The molecule has 0 amide bonds. The standard InChI is InChI=1S/C14H20BrNO/c1-11-9-13(15)4-5-14(11)16-7-2-3-12(10-16)6-8-17/h4-5,9,12,17H,2-3,6-8,10H2,1H3. The highest BCUT2D eigenvalue weighted by Gasteiger charge is 2.20. The first-order chi connectivity index (χ1) is 8.20. The Bertz CT molecular complexity index is 378. The van der Waals surface area contributed by atoms with E-state index in [1.165, 1.54) is 24.1 Å². The first kappa shape index (κ1) is 12.9. The molecule has 1 aromatic rings. The molecule has 1 aliphatic heterocycles. The van der Waals surface area contributed by atoms with Crippen LogP contribution in [0.3, 0.4) is 0 Å². The van der Waals surface area contributed by atoms with E-state index in [4.69, 9.17) is 5.11 Å². The Labute approximate surface area is 112 Å². The van der Waals surface area contributed by atoms with Crippen molar-refractivity contribution in [2.45, 2.75) is 26.2 Å². The second-order valence-electron chi connectivity index (χ2n) is 4.90. The maximum atomic E-state index is 9.04. The van der Waals surface area contributed by atoms with E-state index in [1.54, 1.807) is 0 Å². The highest BCUT2D eigenvalue weighted by atomic mass is 79.9. The fourth-order valence-electron chi connectivity index (χ4n) is 2.68. The number of rotatable bonds is 3. The Hall–Kier alpha value is -0.540. The predicted octanol–water partition coefficient (Wildman–Crippen LogP) is 3.36. The predicted molar refractivity (Wildman–Crippen MR) is 75.5 cm³/mol. The molecule has 3 heteroatoms. The Morgan fingerprint density at radius 2 is 2.29 bits per heavy atom. The molecule has 1 aliphatic rings. The second kappa shape index (κ2) is 5.87. The summed E-state index contributed by atoms with van der Waals surface area (Å²) in [5.41, 5.74) is 2.67. The van der Waals surface area contributed by atoms with Crippen molar-refractivity contribution in [2.24, 2.45) is 5.92 Å². The van der Waals surface area contributed by atoms with Gasteiger partial charge in [-0.05, 0) is 55.9 Å². The molecular formula is C14H20BrNO. The fraction of sp³-hybridized carbons (Fsp3) is 0.571. The van der Waals surface area contributed by atoms with Crippen LogP contribution in [-0.4, -0.2) is 24.8 Å². The maximum Gasteiger partial charge on any atom is 0.0434 e. The van der Waals surface area contributed by atoms with Crippen molar-refractivity contribution in [3.05, 3.63) is 28.2 Å². The molecule has 2 rings (SSSR count). The van der Waals surface area contributed by atoms with E-state index < -0.39 is 0 Å². The normalized spacial score (nSPS) is 20.6. The molecule has 1 unspecified atom stereocenters. The lowest BCUT2D eigenvalue weighted by molar-refractivity contribution is 0.244. The van der Waals surface area contributed by atoms with E-state index in [-0.39, 0.29) is 0 Å². The minimum Gasteiger partial charge on any atom is -0.396 e. The summed E-state index contributed by atoms with van der Waals surface area (Å²) in [4.78, 5) is 2.46. The van der Waals surface area contributed by atoms with Gasteiger partial charge in [0, 0.05) is 29.9 Å². The Balaban J connectivity index is 2.10. The van der Waals surface area contributed by atoms with Crippen molar-refractivity contribution in [1.29, 1.82) is 0 Å². The van der Waals surface area contributed by atoms with Gasteiger partial charge in [0.1, 0.15) is 0 Å². The number of hydrogen-bond acceptors (Lipinski definition) is 2. The fourth-order valence-corrected chi connectivity index (χ4v) is 3.15. The molecule has 0 aromatic heterocycles. The number of aliphatic hydroxyl groups excluding tert-OH is 1. The number of aryl methyl sites for hydroxylation is 1. The topological polar surface area (TPSA) is 23.5 Å². The third-order valence-corrected chi connectivity index (χ3v) is 4.05. The van der Waals surface area contributed by atoms with Gasteiger partial charge in [-0.2, -0.15) is 0 Å². The summed E-state index contributed by atoms with van der Waals surface area (Å²) in [5.74, 6) is 0.650. The summed E-state index contributed by atoms with van der Waals surface area (Å²) < 4.78 is 1.14. The van der Waals surface area contributed by atoms with Crippen molar-refractivity contribution in [2.75, 3.05) is 24.6 Å². The zero-order valence-electron chi connectivity index (χ0n) is 10.3. The lowest BCUT2D eigenvalue weighted by Gasteiger charge is -2.35. The number of benzene rings is 1. The van der Waals surface area contributed by atoms with Crippen molar-refractivity contribution in [3.63, 3.8) is 0 Å². The number of anilines is 1. The number of halogens is 1.